The Balaban J connectivity index is 1.95. The number of ketones is 1. The fraction of sp³-hybridized carbons (Fsp3) is 0.120. The lowest BCUT2D eigenvalue weighted by Crippen LogP contribution is -2.29. The number of amides is 1. The Labute approximate surface area is 179 Å². The molecule has 0 aliphatic carbocycles. The van der Waals surface area contributed by atoms with Crippen molar-refractivity contribution in [2.75, 3.05) is 12.0 Å². The SMILES string of the molecule is COc1ccc(/C(O)=C2\C(=O)C(=O)N(c3cccc(C)c3)C2c2ccccc2F)cc1. The van der Waals surface area contributed by atoms with Crippen LogP contribution >= 0.6 is 0 Å². The Kier molecular flexibility index (Phi) is 5.29. The predicted molar refractivity (Wildman–Crippen MR) is 115 cm³/mol. The van der Waals surface area contributed by atoms with Gasteiger partial charge in [-0.15, -0.1) is 0 Å². The second-order valence-corrected chi connectivity index (χ2v) is 7.26. The summed E-state index contributed by atoms with van der Waals surface area (Å²) < 4.78 is 20.0. The zero-order chi connectivity index (χ0) is 22.1. The topological polar surface area (TPSA) is 66.8 Å². The van der Waals surface area contributed by atoms with Crippen LogP contribution in [0.3, 0.4) is 0 Å². The van der Waals surface area contributed by atoms with E-state index in [0.717, 1.165) is 5.56 Å². The first kappa shape index (κ1) is 20.3. The Bertz CT molecular complexity index is 1200. The summed E-state index contributed by atoms with van der Waals surface area (Å²) in [6.07, 6.45) is 0. The van der Waals surface area contributed by atoms with Crippen molar-refractivity contribution in [3.8, 4) is 5.75 Å². The first-order chi connectivity index (χ1) is 14.9. The van der Waals surface area contributed by atoms with Crippen LogP contribution in [0.5, 0.6) is 5.75 Å². The van der Waals surface area contributed by atoms with E-state index in [4.69, 9.17) is 4.74 Å². The molecular weight excluding hydrogens is 397 g/mol. The summed E-state index contributed by atoms with van der Waals surface area (Å²) in [7, 11) is 1.51. The minimum absolute atomic E-state index is 0.123. The minimum Gasteiger partial charge on any atom is -0.507 e. The van der Waals surface area contributed by atoms with Crippen molar-refractivity contribution in [3.05, 3.63) is 101 Å². The number of hydrogen-bond donors (Lipinski definition) is 1. The summed E-state index contributed by atoms with van der Waals surface area (Å²) in [5, 5.41) is 11.0. The van der Waals surface area contributed by atoms with Crippen LogP contribution in [-0.2, 0) is 9.59 Å². The Morgan fingerprint density at radius 2 is 1.71 bits per heavy atom. The molecule has 6 heteroatoms. The van der Waals surface area contributed by atoms with Crippen molar-refractivity contribution in [2.45, 2.75) is 13.0 Å². The van der Waals surface area contributed by atoms with Gasteiger partial charge in [-0.3, -0.25) is 14.5 Å². The molecule has 0 aromatic heterocycles. The second-order valence-electron chi connectivity index (χ2n) is 7.26. The second kappa shape index (κ2) is 8.07. The molecule has 1 aliphatic rings. The van der Waals surface area contributed by atoms with Gasteiger partial charge < -0.3 is 9.84 Å². The summed E-state index contributed by atoms with van der Waals surface area (Å²) in [4.78, 5) is 27.3. The van der Waals surface area contributed by atoms with Crippen molar-refractivity contribution in [3.63, 3.8) is 0 Å². The molecule has 1 saturated heterocycles. The number of anilines is 1. The lowest BCUT2D eigenvalue weighted by atomic mass is 9.94. The number of carbonyl (C=O) groups is 2. The maximum Gasteiger partial charge on any atom is 0.300 e. The summed E-state index contributed by atoms with van der Waals surface area (Å²) in [5.41, 5.74) is 1.61. The average molecular weight is 417 g/mol. The number of Topliss-reactive ketones (excluding diaryl/α,β-unsaturated/α-hetero) is 1. The quantitative estimate of drug-likeness (QED) is 0.377. The molecule has 156 valence electrons. The van der Waals surface area contributed by atoms with Crippen LogP contribution in [0.1, 0.15) is 22.7 Å². The molecule has 0 spiro atoms. The molecule has 1 amide bonds. The smallest absolute Gasteiger partial charge is 0.300 e. The van der Waals surface area contributed by atoms with Crippen LogP contribution in [-0.4, -0.2) is 23.9 Å². The summed E-state index contributed by atoms with van der Waals surface area (Å²) in [5.74, 6) is -2.07. The first-order valence-electron chi connectivity index (χ1n) is 9.69. The molecule has 3 aromatic carbocycles. The molecule has 3 aromatic rings. The predicted octanol–water partition coefficient (Wildman–Crippen LogP) is 4.77. The number of rotatable bonds is 4. The van der Waals surface area contributed by atoms with Gasteiger partial charge in [0.15, 0.2) is 0 Å². The highest BCUT2D eigenvalue weighted by Gasteiger charge is 2.47. The molecular formula is C25H20FNO4. The molecule has 4 rings (SSSR count). The molecule has 1 N–H and O–H groups in total. The van der Waals surface area contributed by atoms with Gasteiger partial charge in [0.05, 0.1) is 18.7 Å². The number of aliphatic hydroxyl groups excluding tert-OH is 1. The van der Waals surface area contributed by atoms with Crippen molar-refractivity contribution < 1.29 is 23.8 Å². The third-order valence-corrected chi connectivity index (χ3v) is 5.29. The number of halogens is 1. The molecule has 1 fully saturated rings. The van der Waals surface area contributed by atoms with Gasteiger partial charge >= 0.3 is 0 Å². The zero-order valence-corrected chi connectivity index (χ0v) is 17.0. The van der Waals surface area contributed by atoms with Crippen molar-refractivity contribution in [1.29, 1.82) is 0 Å². The highest BCUT2D eigenvalue weighted by Crippen LogP contribution is 2.43. The van der Waals surface area contributed by atoms with Crippen LogP contribution < -0.4 is 9.64 Å². The molecule has 1 unspecified atom stereocenters. The monoisotopic (exact) mass is 417 g/mol. The molecule has 0 bridgehead atoms. The van der Waals surface area contributed by atoms with Gasteiger partial charge in [-0.25, -0.2) is 4.39 Å². The van der Waals surface area contributed by atoms with Crippen molar-refractivity contribution in [2.24, 2.45) is 0 Å². The van der Waals surface area contributed by atoms with E-state index in [1.54, 1.807) is 48.5 Å². The van der Waals surface area contributed by atoms with E-state index in [0.29, 0.717) is 17.0 Å². The fourth-order valence-corrected chi connectivity index (χ4v) is 3.77. The van der Waals surface area contributed by atoms with Gasteiger partial charge in [-0.05, 0) is 55.0 Å². The number of nitrogens with zero attached hydrogens (tertiary/aromatic N) is 1. The van der Waals surface area contributed by atoms with Gasteiger partial charge in [0.25, 0.3) is 11.7 Å². The van der Waals surface area contributed by atoms with E-state index >= 15 is 0 Å². The normalized spacial score (nSPS) is 17.8. The molecule has 0 saturated carbocycles. The van der Waals surface area contributed by atoms with Crippen LogP contribution in [0, 0.1) is 12.7 Å². The summed E-state index contributed by atoms with van der Waals surface area (Å²) in [6.45, 7) is 1.86. The van der Waals surface area contributed by atoms with E-state index in [2.05, 4.69) is 0 Å². The van der Waals surface area contributed by atoms with Crippen LogP contribution in [0.4, 0.5) is 10.1 Å². The Hall–Kier alpha value is -3.93. The number of aryl methyl sites for hydroxylation is 1. The number of carbonyl (C=O) groups excluding carboxylic acids is 2. The minimum atomic E-state index is -1.11. The van der Waals surface area contributed by atoms with Crippen LogP contribution in [0.25, 0.3) is 5.76 Å². The largest absolute Gasteiger partial charge is 0.507 e. The van der Waals surface area contributed by atoms with Crippen molar-refractivity contribution >= 4 is 23.1 Å². The van der Waals surface area contributed by atoms with E-state index in [9.17, 15) is 19.1 Å². The number of methoxy groups -OCH3 is 1. The Morgan fingerprint density at radius 1 is 1.00 bits per heavy atom. The summed E-state index contributed by atoms with van der Waals surface area (Å²) >= 11 is 0. The molecule has 1 atom stereocenters. The van der Waals surface area contributed by atoms with Crippen LogP contribution in [0.2, 0.25) is 0 Å². The van der Waals surface area contributed by atoms with Gasteiger partial charge in [-0.2, -0.15) is 0 Å². The maximum atomic E-state index is 14.8. The Morgan fingerprint density at radius 3 is 2.35 bits per heavy atom. The van der Waals surface area contributed by atoms with Crippen molar-refractivity contribution in [1.82, 2.24) is 0 Å². The van der Waals surface area contributed by atoms with E-state index in [-0.39, 0.29) is 16.9 Å². The number of ether oxygens (including phenoxy) is 1. The first-order valence-corrected chi connectivity index (χ1v) is 9.69. The molecule has 5 nitrogen and oxygen atoms in total. The van der Waals surface area contributed by atoms with E-state index < -0.39 is 23.5 Å². The lowest BCUT2D eigenvalue weighted by Gasteiger charge is -2.26. The van der Waals surface area contributed by atoms with Gasteiger partial charge in [0.2, 0.25) is 0 Å². The highest BCUT2D eigenvalue weighted by atomic mass is 19.1. The van der Waals surface area contributed by atoms with E-state index in [1.165, 1.54) is 30.2 Å². The lowest BCUT2D eigenvalue weighted by molar-refractivity contribution is -0.132. The third kappa shape index (κ3) is 3.57. The van der Waals surface area contributed by atoms with Gasteiger partial charge in [0.1, 0.15) is 17.3 Å². The van der Waals surface area contributed by atoms with Crippen LogP contribution in [0.15, 0.2) is 78.4 Å². The average Bonchev–Trinajstić information content (AvgIpc) is 3.04. The summed E-state index contributed by atoms with van der Waals surface area (Å²) in [6, 6.07) is 18.3. The van der Waals surface area contributed by atoms with E-state index in [1.807, 2.05) is 13.0 Å². The molecule has 0 radical (unpaired) electrons. The number of hydrogen-bond acceptors (Lipinski definition) is 4. The molecule has 31 heavy (non-hydrogen) atoms. The highest BCUT2D eigenvalue weighted by molar-refractivity contribution is 6.51. The maximum absolute atomic E-state index is 14.8. The standard InChI is InChI=1S/C25H20FNO4/c1-15-6-5-7-17(14-15)27-22(19-8-3-4-9-20(19)26)21(24(29)25(27)30)23(28)16-10-12-18(31-2)13-11-16/h3-14,22,28H,1-2H3/b23-21+. The fourth-order valence-electron chi connectivity index (χ4n) is 3.77. The number of benzene rings is 3. The zero-order valence-electron chi connectivity index (χ0n) is 17.0. The molecule has 1 heterocycles. The van der Waals surface area contributed by atoms with Gasteiger partial charge in [0, 0.05) is 16.8 Å². The molecule has 1 aliphatic heterocycles. The van der Waals surface area contributed by atoms with Gasteiger partial charge in [-0.1, -0.05) is 30.3 Å². The third-order valence-electron chi connectivity index (χ3n) is 5.29. The number of aliphatic hydroxyl groups is 1.